The highest BCUT2D eigenvalue weighted by Gasteiger charge is 2.35. The molecule has 0 saturated carbocycles. The highest BCUT2D eigenvalue weighted by atomic mass is 35.5. The molecule has 0 aliphatic carbocycles. The monoisotopic (exact) mass is 509 g/mol. The molecule has 9 nitrogen and oxygen atoms in total. The Morgan fingerprint density at radius 3 is 2.66 bits per heavy atom. The van der Waals surface area contributed by atoms with Gasteiger partial charge in [0.1, 0.15) is 10.7 Å². The molecule has 3 rings (SSSR count). The van der Waals surface area contributed by atoms with Crippen molar-refractivity contribution in [2.24, 2.45) is 0 Å². The van der Waals surface area contributed by atoms with Crippen LogP contribution in [0.15, 0.2) is 24.5 Å². The number of ether oxygens (including phenoxy) is 1. The molecule has 0 fully saturated rings. The van der Waals surface area contributed by atoms with Crippen molar-refractivity contribution in [3.63, 3.8) is 0 Å². The third-order valence-corrected chi connectivity index (χ3v) is 5.62. The lowest BCUT2D eigenvalue weighted by Crippen LogP contribution is -2.30. The van der Waals surface area contributed by atoms with E-state index < -0.39 is 24.5 Å². The van der Waals surface area contributed by atoms with Crippen LogP contribution in [0.1, 0.15) is 65.2 Å². The van der Waals surface area contributed by atoms with Crippen LogP contribution < -0.4 is 15.4 Å². The highest BCUT2D eigenvalue weighted by Crippen LogP contribution is 2.34. The van der Waals surface area contributed by atoms with E-state index in [-0.39, 0.29) is 35.0 Å². The first-order chi connectivity index (χ1) is 16.5. The normalized spacial score (nSPS) is 13.9. The quantitative estimate of drug-likeness (QED) is 0.476. The molecule has 0 saturated heterocycles. The minimum atomic E-state index is -3.03. The van der Waals surface area contributed by atoms with Gasteiger partial charge in [0.05, 0.1) is 6.04 Å². The number of carbonyl (C=O) groups is 3. The molecule has 1 unspecified atom stereocenters. The molecule has 188 valence electrons. The Bertz CT molecular complexity index is 1130. The minimum Gasteiger partial charge on any atom is -0.470 e. The molecule has 0 bridgehead atoms. The van der Waals surface area contributed by atoms with Crippen molar-refractivity contribution in [2.75, 3.05) is 19.7 Å². The van der Waals surface area contributed by atoms with Crippen LogP contribution in [0.5, 0.6) is 5.88 Å². The van der Waals surface area contributed by atoms with Crippen molar-refractivity contribution in [3.05, 3.63) is 51.9 Å². The summed E-state index contributed by atoms with van der Waals surface area (Å²) in [5, 5.41) is 5.45. The Labute approximate surface area is 206 Å². The van der Waals surface area contributed by atoms with Gasteiger partial charge in [0.25, 0.3) is 17.7 Å². The van der Waals surface area contributed by atoms with Gasteiger partial charge in [-0.3, -0.25) is 19.4 Å². The second-order valence-corrected chi connectivity index (χ2v) is 8.71. The first-order valence-corrected chi connectivity index (χ1v) is 11.3. The Morgan fingerprint density at radius 1 is 1.29 bits per heavy atom. The van der Waals surface area contributed by atoms with Crippen LogP contribution in [0.25, 0.3) is 0 Å². The third-order valence-electron chi connectivity index (χ3n) is 5.34. The predicted molar refractivity (Wildman–Crippen MR) is 124 cm³/mol. The number of nitrogens with zero attached hydrogens (tertiary/aromatic N) is 3. The number of hydrogen-bond donors (Lipinski definition) is 2. The van der Waals surface area contributed by atoms with E-state index >= 15 is 0 Å². The van der Waals surface area contributed by atoms with E-state index in [9.17, 15) is 23.2 Å². The molecule has 3 amide bonds. The van der Waals surface area contributed by atoms with E-state index in [1.165, 1.54) is 25.4 Å². The summed E-state index contributed by atoms with van der Waals surface area (Å²) in [5.74, 6) is -3.99. The van der Waals surface area contributed by atoms with E-state index in [1.54, 1.807) is 17.9 Å². The third kappa shape index (κ3) is 6.62. The van der Waals surface area contributed by atoms with Crippen molar-refractivity contribution in [3.8, 4) is 5.88 Å². The highest BCUT2D eigenvalue weighted by molar-refractivity contribution is 6.31. The molecule has 1 aliphatic heterocycles. The number of hydrogen-bond acceptors (Lipinski definition) is 6. The van der Waals surface area contributed by atoms with Crippen LogP contribution in [0.3, 0.4) is 0 Å². The second kappa shape index (κ2) is 10.9. The van der Waals surface area contributed by atoms with Gasteiger partial charge in [-0.05, 0) is 31.0 Å². The van der Waals surface area contributed by atoms with Gasteiger partial charge < -0.3 is 20.3 Å². The molecule has 0 spiro atoms. The standard InChI is InChI=1S/C23H26ClF2N5O4/c1-13(15-9-18(24)21(30-10-15)35-12-23(3,25)26)31-11-17-16(22(31)34)5-8-28-19(17)20(33)29-7-4-6-27-14(2)32/h5,8-10,13H,4,6-7,11-12H2,1-3H3,(H,27,32)(H,29,33). The summed E-state index contributed by atoms with van der Waals surface area (Å²) in [4.78, 5) is 46.4. The fourth-order valence-corrected chi connectivity index (χ4v) is 3.78. The van der Waals surface area contributed by atoms with Crippen molar-refractivity contribution < 1.29 is 27.9 Å². The van der Waals surface area contributed by atoms with Gasteiger partial charge in [0, 0.05) is 57.0 Å². The fraction of sp³-hybridized carbons (Fsp3) is 0.435. The topological polar surface area (TPSA) is 114 Å². The van der Waals surface area contributed by atoms with Crippen LogP contribution in [0.2, 0.25) is 5.02 Å². The summed E-state index contributed by atoms with van der Waals surface area (Å²) in [5.41, 5.74) is 1.61. The Hall–Kier alpha value is -3.34. The Kier molecular flexibility index (Phi) is 8.21. The number of halogens is 3. The van der Waals surface area contributed by atoms with Gasteiger partial charge in [-0.25, -0.2) is 13.8 Å². The van der Waals surface area contributed by atoms with Crippen molar-refractivity contribution >= 4 is 29.3 Å². The summed E-state index contributed by atoms with van der Waals surface area (Å²) < 4.78 is 31.1. The van der Waals surface area contributed by atoms with Crippen LogP contribution in [-0.4, -0.2) is 58.2 Å². The zero-order valence-electron chi connectivity index (χ0n) is 19.5. The largest absolute Gasteiger partial charge is 0.470 e. The predicted octanol–water partition coefficient (Wildman–Crippen LogP) is 3.14. The second-order valence-electron chi connectivity index (χ2n) is 8.30. The van der Waals surface area contributed by atoms with Gasteiger partial charge in [-0.2, -0.15) is 0 Å². The van der Waals surface area contributed by atoms with Crippen LogP contribution in [0, 0.1) is 0 Å². The van der Waals surface area contributed by atoms with E-state index in [2.05, 4.69) is 20.6 Å². The lowest BCUT2D eigenvalue weighted by atomic mass is 10.1. The molecule has 2 aromatic heterocycles. The molecule has 3 heterocycles. The number of rotatable bonds is 10. The number of aromatic nitrogens is 2. The smallest absolute Gasteiger partial charge is 0.278 e. The summed E-state index contributed by atoms with van der Waals surface area (Å²) in [6, 6.07) is 2.60. The van der Waals surface area contributed by atoms with Crippen molar-refractivity contribution in [1.82, 2.24) is 25.5 Å². The number of amides is 3. The number of pyridine rings is 2. The van der Waals surface area contributed by atoms with Gasteiger partial charge in [0.2, 0.25) is 11.8 Å². The van der Waals surface area contributed by atoms with Gasteiger partial charge in [-0.15, -0.1) is 0 Å². The van der Waals surface area contributed by atoms with Gasteiger partial charge in [-0.1, -0.05) is 11.6 Å². The summed E-state index contributed by atoms with van der Waals surface area (Å²) in [6.45, 7) is 3.97. The first-order valence-electron chi connectivity index (χ1n) is 11.0. The van der Waals surface area contributed by atoms with Crippen LogP contribution in [0.4, 0.5) is 8.78 Å². The summed E-state index contributed by atoms with van der Waals surface area (Å²) in [7, 11) is 0. The van der Waals surface area contributed by atoms with E-state index in [1.807, 2.05) is 0 Å². The van der Waals surface area contributed by atoms with Crippen LogP contribution >= 0.6 is 11.6 Å². The maximum atomic E-state index is 13.1. The zero-order valence-corrected chi connectivity index (χ0v) is 20.3. The SMILES string of the molecule is CC(=O)NCCCNC(=O)c1nccc2c1CN(C(C)c1cnc(OCC(C)(F)F)c(Cl)c1)C2=O. The van der Waals surface area contributed by atoms with Gasteiger partial charge in [0.15, 0.2) is 6.61 Å². The van der Waals surface area contributed by atoms with Gasteiger partial charge >= 0.3 is 0 Å². The minimum absolute atomic E-state index is 0.0451. The fourth-order valence-electron chi connectivity index (χ4n) is 3.55. The molecule has 2 N–H and O–H groups in total. The molecule has 2 aromatic rings. The van der Waals surface area contributed by atoms with E-state index in [4.69, 9.17) is 16.3 Å². The molecule has 35 heavy (non-hydrogen) atoms. The average molecular weight is 510 g/mol. The first kappa shape index (κ1) is 26.3. The Morgan fingerprint density at radius 2 is 2.00 bits per heavy atom. The maximum absolute atomic E-state index is 13.1. The van der Waals surface area contributed by atoms with E-state index in [0.717, 1.165) is 6.92 Å². The molecular weight excluding hydrogens is 484 g/mol. The molecular formula is C23H26ClF2N5O4. The summed E-state index contributed by atoms with van der Waals surface area (Å²) in [6.07, 6.45) is 3.37. The number of fused-ring (bicyclic) bond motifs is 1. The van der Waals surface area contributed by atoms with Crippen LogP contribution in [-0.2, 0) is 11.3 Å². The molecule has 1 atom stereocenters. The average Bonchev–Trinajstić information content (AvgIpc) is 3.13. The van der Waals surface area contributed by atoms with Crippen molar-refractivity contribution in [2.45, 2.75) is 45.7 Å². The number of carbonyl (C=O) groups excluding carboxylic acids is 3. The zero-order chi connectivity index (χ0) is 25.8. The lowest BCUT2D eigenvalue weighted by Gasteiger charge is -2.25. The number of alkyl halides is 2. The summed E-state index contributed by atoms with van der Waals surface area (Å²) >= 11 is 6.17. The molecule has 0 aromatic carbocycles. The molecule has 0 radical (unpaired) electrons. The van der Waals surface area contributed by atoms with E-state index in [0.29, 0.717) is 36.2 Å². The lowest BCUT2D eigenvalue weighted by molar-refractivity contribution is -0.118. The van der Waals surface area contributed by atoms with Crippen molar-refractivity contribution in [1.29, 1.82) is 0 Å². The Balaban J connectivity index is 1.69. The molecule has 12 heteroatoms. The molecule has 1 aliphatic rings. The number of nitrogens with one attached hydrogen (secondary N) is 2. The maximum Gasteiger partial charge on any atom is 0.278 e.